The van der Waals surface area contributed by atoms with Crippen LogP contribution < -0.4 is 5.73 Å². The van der Waals surface area contributed by atoms with Crippen LogP contribution in [0.3, 0.4) is 0 Å². The second kappa shape index (κ2) is 7.79. The summed E-state index contributed by atoms with van der Waals surface area (Å²) in [5.74, 6) is -0.567. The Morgan fingerprint density at radius 1 is 1.09 bits per heavy atom. The lowest BCUT2D eigenvalue weighted by Crippen LogP contribution is -2.41. The van der Waals surface area contributed by atoms with E-state index < -0.39 is 5.91 Å². The van der Waals surface area contributed by atoms with E-state index in [9.17, 15) is 9.59 Å². The van der Waals surface area contributed by atoms with Gasteiger partial charge in [0.25, 0.3) is 5.91 Å². The van der Waals surface area contributed by atoms with Gasteiger partial charge >= 0.3 is 0 Å². The molecule has 1 atom stereocenters. The topological polar surface area (TPSA) is 63.4 Å². The van der Waals surface area contributed by atoms with Crippen LogP contribution in [0.25, 0.3) is 0 Å². The van der Waals surface area contributed by atoms with Crippen molar-refractivity contribution in [3.05, 3.63) is 70.7 Å². The molecule has 0 fully saturated rings. The van der Waals surface area contributed by atoms with Crippen LogP contribution in [0.5, 0.6) is 0 Å². The number of halogens is 1. The third-order valence-corrected chi connectivity index (χ3v) is 3.96. The summed E-state index contributed by atoms with van der Waals surface area (Å²) in [7, 11) is 1.69. The van der Waals surface area contributed by atoms with Crippen LogP contribution in [0.2, 0.25) is 5.02 Å². The molecule has 0 spiro atoms. The van der Waals surface area contributed by atoms with Crippen molar-refractivity contribution in [2.75, 3.05) is 7.05 Å². The average Bonchev–Trinajstić information content (AvgIpc) is 2.55. The maximum atomic E-state index is 12.6. The van der Waals surface area contributed by atoms with E-state index in [2.05, 4.69) is 0 Å². The van der Waals surface area contributed by atoms with Crippen molar-refractivity contribution in [3.8, 4) is 0 Å². The Bertz CT molecular complexity index is 671. The minimum absolute atomic E-state index is 0.109. The minimum atomic E-state index is -0.434. The van der Waals surface area contributed by atoms with Crippen LogP contribution in [0.15, 0.2) is 54.6 Å². The molecule has 4 nitrogen and oxygen atoms in total. The molecular formula is C18H19ClN2O2. The number of hydrogen-bond acceptors (Lipinski definition) is 2. The molecule has 2 N–H and O–H groups in total. The van der Waals surface area contributed by atoms with Gasteiger partial charge in [-0.3, -0.25) is 9.59 Å². The van der Waals surface area contributed by atoms with Crippen molar-refractivity contribution in [1.29, 1.82) is 0 Å². The van der Waals surface area contributed by atoms with Crippen LogP contribution in [-0.4, -0.2) is 29.8 Å². The third-order valence-electron chi connectivity index (χ3n) is 3.71. The Balaban J connectivity index is 2.18. The Labute approximate surface area is 140 Å². The largest absolute Gasteiger partial charge is 0.370 e. The molecule has 2 amide bonds. The summed E-state index contributed by atoms with van der Waals surface area (Å²) in [6.45, 7) is 0. The van der Waals surface area contributed by atoms with Crippen LogP contribution in [0, 0.1) is 0 Å². The number of carbonyl (C=O) groups excluding carboxylic acids is 2. The quantitative estimate of drug-likeness (QED) is 0.885. The van der Waals surface area contributed by atoms with E-state index in [1.54, 1.807) is 36.2 Å². The monoisotopic (exact) mass is 330 g/mol. The molecule has 2 aromatic carbocycles. The molecule has 23 heavy (non-hydrogen) atoms. The molecule has 1 unspecified atom stereocenters. The number of benzene rings is 2. The summed E-state index contributed by atoms with van der Waals surface area (Å²) in [4.78, 5) is 25.5. The highest BCUT2D eigenvalue weighted by Gasteiger charge is 2.23. The van der Waals surface area contributed by atoms with Crippen LogP contribution in [0.1, 0.15) is 22.3 Å². The highest BCUT2D eigenvalue weighted by atomic mass is 35.5. The fourth-order valence-corrected chi connectivity index (χ4v) is 2.55. The smallest absolute Gasteiger partial charge is 0.253 e. The first-order valence-electron chi connectivity index (χ1n) is 7.32. The first-order valence-corrected chi connectivity index (χ1v) is 7.70. The van der Waals surface area contributed by atoms with Gasteiger partial charge in [0.05, 0.1) is 0 Å². The van der Waals surface area contributed by atoms with E-state index >= 15 is 0 Å². The standard InChI is InChI=1S/C18H19ClN2O2/c1-21(18(23)14-5-3-2-4-6-14)16(12-17(20)22)11-13-7-9-15(19)10-8-13/h2-10,16H,11-12H2,1H3,(H2,20,22). The van der Waals surface area contributed by atoms with Crippen molar-refractivity contribution >= 4 is 23.4 Å². The van der Waals surface area contributed by atoms with Gasteiger partial charge in [-0.25, -0.2) is 0 Å². The van der Waals surface area contributed by atoms with Crippen LogP contribution in [-0.2, 0) is 11.2 Å². The van der Waals surface area contributed by atoms with E-state index in [0.717, 1.165) is 5.56 Å². The highest BCUT2D eigenvalue weighted by Crippen LogP contribution is 2.16. The van der Waals surface area contributed by atoms with Crippen molar-refractivity contribution in [3.63, 3.8) is 0 Å². The molecule has 120 valence electrons. The van der Waals surface area contributed by atoms with Gasteiger partial charge in [-0.15, -0.1) is 0 Å². The number of likely N-dealkylation sites (N-methyl/N-ethyl adjacent to an activating group) is 1. The normalized spacial score (nSPS) is 11.7. The van der Waals surface area contributed by atoms with Gasteiger partial charge in [0, 0.05) is 30.1 Å². The summed E-state index contributed by atoms with van der Waals surface area (Å²) >= 11 is 5.89. The second-order valence-corrected chi connectivity index (χ2v) is 5.87. The first kappa shape index (κ1) is 17.0. The van der Waals surface area contributed by atoms with Crippen molar-refractivity contribution < 1.29 is 9.59 Å². The van der Waals surface area contributed by atoms with Gasteiger partial charge in [0.15, 0.2) is 0 Å². The number of nitrogens with zero attached hydrogens (tertiary/aromatic N) is 1. The Morgan fingerprint density at radius 3 is 2.26 bits per heavy atom. The van der Waals surface area contributed by atoms with Gasteiger partial charge in [-0.2, -0.15) is 0 Å². The van der Waals surface area contributed by atoms with E-state index in [0.29, 0.717) is 17.0 Å². The van der Waals surface area contributed by atoms with Gasteiger partial charge in [0.2, 0.25) is 5.91 Å². The molecule has 5 heteroatoms. The van der Waals surface area contributed by atoms with E-state index in [1.807, 2.05) is 30.3 Å². The minimum Gasteiger partial charge on any atom is -0.370 e. The molecule has 0 saturated heterocycles. The number of hydrogen-bond donors (Lipinski definition) is 1. The number of rotatable bonds is 6. The number of nitrogens with two attached hydrogens (primary N) is 1. The van der Waals surface area contributed by atoms with E-state index in [1.165, 1.54) is 0 Å². The molecule has 0 aromatic heterocycles. The molecule has 0 aliphatic heterocycles. The van der Waals surface area contributed by atoms with Gasteiger partial charge in [-0.05, 0) is 36.2 Å². The molecular weight excluding hydrogens is 312 g/mol. The lowest BCUT2D eigenvalue weighted by molar-refractivity contribution is -0.118. The zero-order valence-corrected chi connectivity index (χ0v) is 13.7. The maximum Gasteiger partial charge on any atom is 0.253 e. The van der Waals surface area contributed by atoms with Gasteiger partial charge < -0.3 is 10.6 Å². The molecule has 2 aromatic rings. The number of amides is 2. The lowest BCUT2D eigenvalue weighted by atomic mass is 10.0. The number of primary amides is 1. The fourth-order valence-electron chi connectivity index (χ4n) is 2.42. The molecule has 2 rings (SSSR count). The summed E-state index contributed by atoms with van der Waals surface area (Å²) in [6.07, 6.45) is 0.646. The zero-order chi connectivity index (χ0) is 16.8. The Kier molecular flexibility index (Phi) is 5.77. The molecule has 0 saturated carbocycles. The summed E-state index contributed by atoms with van der Waals surface area (Å²) < 4.78 is 0. The maximum absolute atomic E-state index is 12.6. The lowest BCUT2D eigenvalue weighted by Gasteiger charge is -2.27. The number of carbonyl (C=O) groups is 2. The summed E-state index contributed by atoms with van der Waals surface area (Å²) in [6, 6.07) is 16.0. The van der Waals surface area contributed by atoms with Crippen molar-refractivity contribution in [2.24, 2.45) is 5.73 Å². The SMILES string of the molecule is CN(C(=O)c1ccccc1)C(CC(N)=O)Cc1ccc(Cl)cc1. The fraction of sp³-hybridized carbons (Fsp3) is 0.222. The third kappa shape index (κ3) is 4.83. The predicted octanol–water partition coefficient (Wildman–Crippen LogP) is 2.90. The Morgan fingerprint density at radius 2 is 1.70 bits per heavy atom. The van der Waals surface area contributed by atoms with Crippen LogP contribution in [0.4, 0.5) is 0 Å². The predicted molar refractivity (Wildman–Crippen MR) is 91.3 cm³/mol. The summed E-state index contributed by atoms with van der Waals surface area (Å²) in [5, 5.41) is 0.647. The average molecular weight is 331 g/mol. The molecule has 0 radical (unpaired) electrons. The molecule has 0 aliphatic carbocycles. The first-order chi connectivity index (χ1) is 11.0. The molecule has 0 bridgehead atoms. The van der Waals surface area contributed by atoms with E-state index in [4.69, 9.17) is 17.3 Å². The molecule has 0 heterocycles. The van der Waals surface area contributed by atoms with Gasteiger partial charge in [-0.1, -0.05) is 41.9 Å². The highest BCUT2D eigenvalue weighted by molar-refractivity contribution is 6.30. The summed E-state index contributed by atoms with van der Waals surface area (Å²) in [5.41, 5.74) is 6.93. The molecule has 0 aliphatic rings. The zero-order valence-electron chi connectivity index (χ0n) is 12.9. The van der Waals surface area contributed by atoms with Crippen molar-refractivity contribution in [1.82, 2.24) is 4.90 Å². The van der Waals surface area contributed by atoms with Crippen molar-refractivity contribution in [2.45, 2.75) is 18.9 Å². The van der Waals surface area contributed by atoms with Gasteiger partial charge in [0.1, 0.15) is 0 Å². The second-order valence-electron chi connectivity index (χ2n) is 5.44. The van der Waals surface area contributed by atoms with E-state index in [-0.39, 0.29) is 18.4 Å². The Hall–Kier alpha value is -2.33. The van der Waals surface area contributed by atoms with Crippen LogP contribution >= 0.6 is 11.6 Å².